The SMILES string of the molecule is COC(=O)C[C@H](NC(=O)c1ccco1)C(=O)O. The zero-order valence-corrected chi connectivity index (χ0v) is 9.00. The van der Waals surface area contributed by atoms with Crippen LogP contribution in [0.2, 0.25) is 0 Å². The van der Waals surface area contributed by atoms with Crippen molar-refractivity contribution in [3.63, 3.8) is 0 Å². The van der Waals surface area contributed by atoms with Crippen LogP contribution in [0.25, 0.3) is 0 Å². The molecule has 0 unspecified atom stereocenters. The number of carboxylic acid groups (broad SMARTS) is 1. The third-order valence-electron chi connectivity index (χ3n) is 1.95. The first-order valence-electron chi connectivity index (χ1n) is 4.68. The molecule has 0 saturated heterocycles. The molecule has 0 bridgehead atoms. The van der Waals surface area contributed by atoms with Crippen molar-refractivity contribution in [1.82, 2.24) is 5.32 Å². The Morgan fingerprint density at radius 1 is 1.53 bits per heavy atom. The molecule has 92 valence electrons. The normalized spacial score (nSPS) is 11.6. The molecule has 7 heteroatoms. The lowest BCUT2D eigenvalue weighted by atomic mass is 10.2. The van der Waals surface area contributed by atoms with Crippen molar-refractivity contribution in [3.05, 3.63) is 24.2 Å². The van der Waals surface area contributed by atoms with Gasteiger partial charge in [0.2, 0.25) is 0 Å². The second-order valence-electron chi connectivity index (χ2n) is 3.12. The minimum atomic E-state index is -1.35. The van der Waals surface area contributed by atoms with Gasteiger partial charge in [-0.1, -0.05) is 0 Å². The Morgan fingerprint density at radius 3 is 2.71 bits per heavy atom. The van der Waals surface area contributed by atoms with Crippen LogP contribution in [-0.2, 0) is 14.3 Å². The Kier molecular flexibility index (Phi) is 4.27. The monoisotopic (exact) mass is 241 g/mol. The van der Waals surface area contributed by atoms with Crippen LogP contribution in [-0.4, -0.2) is 36.1 Å². The van der Waals surface area contributed by atoms with E-state index >= 15 is 0 Å². The van der Waals surface area contributed by atoms with Gasteiger partial charge in [-0.2, -0.15) is 0 Å². The van der Waals surface area contributed by atoms with Crippen LogP contribution in [0.15, 0.2) is 22.8 Å². The van der Waals surface area contributed by atoms with E-state index in [1.54, 1.807) is 0 Å². The molecule has 0 aliphatic carbocycles. The third-order valence-corrected chi connectivity index (χ3v) is 1.95. The summed E-state index contributed by atoms with van der Waals surface area (Å²) in [6.07, 6.45) is 0.837. The van der Waals surface area contributed by atoms with Gasteiger partial charge in [-0.3, -0.25) is 9.59 Å². The molecule has 1 aromatic rings. The summed E-state index contributed by atoms with van der Waals surface area (Å²) in [5.41, 5.74) is 0. The molecule has 17 heavy (non-hydrogen) atoms. The summed E-state index contributed by atoms with van der Waals surface area (Å²) in [4.78, 5) is 33.2. The van der Waals surface area contributed by atoms with Crippen molar-refractivity contribution in [2.24, 2.45) is 0 Å². The molecule has 0 aliphatic rings. The highest BCUT2D eigenvalue weighted by Gasteiger charge is 2.24. The van der Waals surface area contributed by atoms with Gasteiger partial charge >= 0.3 is 11.9 Å². The highest BCUT2D eigenvalue weighted by molar-refractivity contribution is 5.95. The molecule has 1 atom stereocenters. The maximum absolute atomic E-state index is 11.5. The summed E-state index contributed by atoms with van der Waals surface area (Å²) in [5.74, 6) is -2.78. The highest BCUT2D eigenvalue weighted by atomic mass is 16.5. The Hall–Kier alpha value is -2.31. The van der Waals surface area contributed by atoms with Gasteiger partial charge in [0, 0.05) is 0 Å². The lowest BCUT2D eigenvalue weighted by Crippen LogP contribution is -2.42. The number of esters is 1. The zero-order chi connectivity index (χ0) is 12.8. The summed E-state index contributed by atoms with van der Waals surface area (Å²) in [6, 6.07) is 1.53. The summed E-state index contributed by atoms with van der Waals surface area (Å²) in [6.45, 7) is 0. The van der Waals surface area contributed by atoms with Crippen LogP contribution in [0.3, 0.4) is 0 Å². The molecule has 0 radical (unpaired) electrons. The van der Waals surface area contributed by atoms with Crippen molar-refractivity contribution in [3.8, 4) is 0 Å². The molecule has 0 fully saturated rings. The second kappa shape index (κ2) is 5.69. The first-order chi connectivity index (χ1) is 8.04. The van der Waals surface area contributed by atoms with Crippen LogP contribution in [0.1, 0.15) is 17.0 Å². The van der Waals surface area contributed by atoms with E-state index in [1.165, 1.54) is 18.4 Å². The van der Waals surface area contributed by atoms with Gasteiger partial charge in [-0.15, -0.1) is 0 Å². The number of methoxy groups -OCH3 is 1. The first kappa shape index (κ1) is 12.8. The van der Waals surface area contributed by atoms with E-state index in [2.05, 4.69) is 10.1 Å². The van der Waals surface area contributed by atoms with Crippen molar-refractivity contribution < 1.29 is 28.6 Å². The predicted octanol–water partition coefficient (Wildman–Crippen LogP) is 0.0257. The van der Waals surface area contributed by atoms with Crippen molar-refractivity contribution in [2.75, 3.05) is 7.11 Å². The average molecular weight is 241 g/mol. The molecular weight excluding hydrogens is 230 g/mol. The van der Waals surface area contributed by atoms with E-state index < -0.39 is 30.3 Å². The standard InChI is InChI=1S/C10H11NO6/c1-16-8(12)5-6(10(14)15)11-9(13)7-3-2-4-17-7/h2-4,6H,5H2,1H3,(H,11,13)(H,14,15)/t6-/m0/s1. The summed E-state index contributed by atoms with van der Waals surface area (Å²) in [5, 5.41) is 11.0. The Balaban J connectivity index is 2.64. The molecular formula is C10H11NO6. The number of carbonyl (C=O) groups is 3. The third kappa shape index (κ3) is 3.63. The largest absolute Gasteiger partial charge is 0.480 e. The first-order valence-corrected chi connectivity index (χ1v) is 4.68. The number of carboxylic acids is 1. The van der Waals surface area contributed by atoms with Gasteiger partial charge in [0.05, 0.1) is 19.8 Å². The number of aliphatic carboxylic acids is 1. The lowest BCUT2D eigenvalue weighted by molar-refractivity contribution is -0.147. The number of hydrogen-bond acceptors (Lipinski definition) is 5. The van der Waals surface area contributed by atoms with Gasteiger partial charge < -0.3 is 19.6 Å². The number of carbonyl (C=O) groups excluding carboxylic acids is 2. The van der Waals surface area contributed by atoms with Gasteiger partial charge in [0.1, 0.15) is 6.04 Å². The van der Waals surface area contributed by atoms with Crippen LogP contribution in [0.5, 0.6) is 0 Å². The number of hydrogen-bond donors (Lipinski definition) is 2. The molecule has 1 rings (SSSR count). The fourth-order valence-corrected chi connectivity index (χ4v) is 1.09. The van der Waals surface area contributed by atoms with E-state index in [4.69, 9.17) is 9.52 Å². The van der Waals surface area contributed by atoms with Crippen molar-refractivity contribution in [2.45, 2.75) is 12.5 Å². The highest BCUT2D eigenvalue weighted by Crippen LogP contribution is 2.02. The molecule has 1 amide bonds. The van der Waals surface area contributed by atoms with Crippen molar-refractivity contribution in [1.29, 1.82) is 0 Å². The Morgan fingerprint density at radius 2 is 2.24 bits per heavy atom. The van der Waals surface area contributed by atoms with E-state index in [1.807, 2.05) is 0 Å². The van der Waals surface area contributed by atoms with Gasteiger partial charge in [0.25, 0.3) is 5.91 Å². The molecule has 0 saturated carbocycles. The number of rotatable bonds is 5. The minimum absolute atomic E-state index is 0.0267. The number of nitrogens with one attached hydrogen (secondary N) is 1. The number of amides is 1. The zero-order valence-electron chi connectivity index (χ0n) is 9.00. The van der Waals surface area contributed by atoms with E-state index in [-0.39, 0.29) is 5.76 Å². The molecule has 1 heterocycles. The number of furan rings is 1. The minimum Gasteiger partial charge on any atom is -0.480 e. The fraction of sp³-hybridized carbons (Fsp3) is 0.300. The topological polar surface area (TPSA) is 106 Å². The molecule has 0 spiro atoms. The van der Waals surface area contributed by atoms with Crippen LogP contribution in [0.4, 0.5) is 0 Å². The second-order valence-corrected chi connectivity index (χ2v) is 3.12. The van der Waals surface area contributed by atoms with Gasteiger partial charge in [0.15, 0.2) is 5.76 Å². The molecule has 7 nitrogen and oxygen atoms in total. The van der Waals surface area contributed by atoms with E-state index in [0.717, 1.165) is 7.11 Å². The predicted molar refractivity (Wildman–Crippen MR) is 54.2 cm³/mol. The lowest BCUT2D eigenvalue weighted by Gasteiger charge is -2.11. The number of ether oxygens (including phenoxy) is 1. The maximum Gasteiger partial charge on any atom is 0.326 e. The molecule has 0 aromatic carbocycles. The quantitative estimate of drug-likeness (QED) is 0.704. The van der Waals surface area contributed by atoms with Gasteiger partial charge in [-0.05, 0) is 12.1 Å². The molecule has 0 aliphatic heterocycles. The Labute approximate surface area is 96.4 Å². The van der Waals surface area contributed by atoms with Crippen LogP contribution < -0.4 is 5.32 Å². The van der Waals surface area contributed by atoms with E-state index in [9.17, 15) is 14.4 Å². The molecule has 2 N–H and O–H groups in total. The van der Waals surface area contributed by atoms with Gasteiger partial charge in [-0.25, -0.2) is 4.79 Å². The summed E-state index contributed by atoms with van der Waals surface area (Å²) in [7, 11) is 1.13. The van der Waals surface area contributed by atoms with Crippen molar-refractivity contribution >= 4 is 17.8 Å². The smallest absolute Gasteiger partial charge is 0.326 e. The molecule has 1 aromatic heterocycles. The Bertz CT molecular complexity index is 410. The maximum atomic E-state index is 11.5. The van der Waals surface area contributed by atoms with E-state index in [0.29, 0.717) is 0 Å². The fourth-order valence-electron chi connectivity index (χ4n) is 1.09. The average Bonchev–Trinajstić information content (AvgIpc) is 2.81. The van der Waals surface area contributed by atoms with Crippen LogP contribution >= 0.6 is 0 Å². The summed E-state index contributed by atoms with van der Waals surface area (Å²) < 4.78 is 9.11. The van der Waals surface area contributed by atoms with Crippen LogP contribution in [0, 0.1) is 0 Å². The summed E-state index contributed by atoms with van der Waals surface area (Å²) >= 11 is 0.